The fraction of sp³-hybridized carbons (Fsp3) is 0.933. The molecule has 4 heteroatoms. The predicted molar refractivity (Wildman–Crippen MR) is 75.8 cm³/mol. The Hall–Kier alpha value is -0.610. The van der Waals surface area contributed by atoms with Crippen molar-refractivity contribution in [3.63, 3.8) is 0 Å². The quantitative estimate of drug-likeness (QED) is 0.836. The van der Waals surface area contributed by atoms with E-state index in [1.165, 1.54) is 0 Å². The van der Waals surface area contributed by atoms with E-state index in [0.29, 0.717) is 25.5 Å². The first-order valence-corrected chi connectivity index (χ1v) is 7.16. The van der Waals surface area contributed by atoms with Crippen LogP contribution in [0.5, 0.6) is 0 Å². The molecule has 4 nitrogen and oxygen atoms in total. The molecule has 1 rings (SSSR count). The predicted octanol–water partition coefficient (Wildman–Crippen LogP) is 2.72. The monoisotopic (exact) mass is 271 g/mol. The Kier molecular flexibility index (Phi) is 5.39. The molecular weight excluding hydrogens is 242 g/mol. The zero-order valence-electron chi connectivity index (χ0n) is 13.2. The van der Waals surface area contributed by atoms with Crippen LogP contribution in [-0.2, 0) is 14.3 Å². The van der Waals surface area contributed by atoms with E-state index >= 15 is 0 Å². The highest BCUT2D eigenvalue weighted by Gasteiger charge is 2.32. The van der Waals surface area contributed by atoms with Crippen molar-refractivity contribution >= 4 is 5.91 Å². The van der Waals surface area contributed by atoms with Crippen LogP contribution in [0.4, 0.5) is 0 Å². The Morgan fingerprint density at radius 1 is 1.42 bits per heavy atom. The number of amides is 1. The van der Waals surface area contributed by atoms with Crippen molar-refractivity contribution in [2.75, 3.05) is 13.2 Å². The average Bonchev–Trinajstić information content (AvgIpc) is 2.52. The second-order valence-corrected chi connectivity index (χ2v) is 7.33. The first-order valence-electron chi connectivity index (χ1n) is 7.16. The van der Waals surface area contributed by atoms with E-state index < -0.39 is 5.79 Å². The summed E-state index contributed by atoms with van der Waals surface area (Å²) in [7, 11) is 0. The van der Waals surface area contributed by atoms with E-state index in [9.17, 15) is 4.79 Å². The molecule has 1 heterocycles. The molecule has 0 radical (unpaired) electrons. The number of carbonyl (C=O) groups is 1. The van der Waals surface area contributed by atoms with Crippen LogP contribution in [0.15, 0.2) is 0 Å². The van der Waals surface area contributed by atoms with Gasteiger partial charge in [0.15, 0.2) is 5.79 Å². The minimum atomic E-state index is -0.519. The molecule has 0 bridgehead atoms. The molecule has 0 aromatic carbocycles. The molecular formula is C15H29NO3. The molecule has 0 aliphatic carbocycles. The Labute approximate surface area is 117 Å². The minimum Gasteiger partial charge on any atom is -0.353 e. The fourth-order valence-corrected chi connectivity index (χ4v) is 2.60. The molecule has 1 N–H and O–H groups in total. The lowest BCUT2D eigenvalue weighted by Crippen LogP contribution is -2.35. The third-order valence-corrected chi connectivity index (χ3v) is 3.09. The molecule has 0 aromatic rings. The van der Waals surface area contributed by atoms with Gasteiger partial charge in [-0.1, -0.05) is 27.7 Å². The van der Waals surface area contributed by atoms with Crippen LogP contribution in [0.2, 0.25) is 0 Å². The highest BCUT2D eigenvalue weighted by Crippen LogP contribution is 2.26. The summed E-state index contributed by atoms with van der Waals surface area (Å²) in [6.45, 7) is 13.6. The van der Waals surface area contributed by atoms with E-state index in [1.54, 1.807) is 0 Å². The van der Waals surface area contributed by atoms with E-state index in [-0.39, 0.29) is 17.4 Å². The van der Waals surface area contributed by atoms with Gasteiger partial charge in [-0.2, -0.15) is 0 Å². The summed E-state index contributed by atoms with van der Waals surface area (Å²) >= 11 is 0. The maximum Gasteiger partial charge on any atom is 0.220 e. The SMILES string of the molecule is CC(CC(=O)NCC1COC(C)(C)O1)CC(C)(C)C. The van der Waals surface area contributed by atoms with Crippen LogP contribution < -0.4 is 5.32 Å². The largest absolute Gasteiger partial charge is 0.353 e. The van der Waals surface area contributed by atoms with Crippen LogP contribution in [0, 0.1) is 11.3 Å². The van der Waals surface area contributed by atoms with E-state index in [0.717, 1.165) is 6.42 Å². The normalized spacial score (nSPS) is 24.2. The van der Waals surface area contributed by atoms with E-state index in [4.69, 9.17) is 9.47 Å². The van der Waals surface area contributed by atoms with Gasteiger partial charge in [0.1, 0.15) is 6.10 Å². The van der Waals surface area contributed by atoms with Crippen molar-refractivity contribution in [2.24, 2.45) is 11.3 Å². The Morgan fingerprint density at radius 2 is 2.05 bits per heavy atom. The number of hydrogen-bond donors (Lipinski definition) is 1. The van der Waals surface area contributed by atoms with Crippen LogP contribution in [0.25, 0.3) is 0 Å². The van der Waals surface area contributed by atoms with Gasteiger partial charge >= 0.3 is 0 Å². The van der Waals surface area contributed by atoms with Crippen LogP contribution in [0.3, 0.4) is 0 Å². The molecule has 1 fully saturated rings. The van der Waals surface area contributed by atoms with Crippen LogP contribution in [-0.4, -0.2) is 30.9 Å². The molecule has 1 aliphatic rings. The van der Waals surface area contributed by atoms with Crippen molar-refractivity contribution in [1.29, 1.82) is 0 Å². The molecule has 0 spiro atoms. The minimum absolute atomic E-state index is 0.0307. The molecule has 0 saturated carbocycles. The number of nitrogens with one attached hydrogen (secondary N) is 1. The Balaban J connectivity index is 2.22. The topological polar surface area (TPSA) is 47.6 Å². The highest BCUT2D eigenvalue weighted by atomic mass is 16.7. The van der Waals surface area contributed by atoms with E-state index in [2.05, 4.69) is 33.0 Å². The smallest absolute Gasteiger partial charge is 0.220 e. The van der Waals surface area contributed by atoms with Crippen molar-refractivity contribution in [3.05, 3.63) is 0 Å². The molecule has 2 atom stereocenters. The molecule has 2 unspecified atom stereocenters. The van der Waals surface area contributed by atoms with Gasteiger partial charge in [-0.15, -0.1) is 0 Å². The summed E-state index contributed by atoms with van der Waals surface area (Å²) < 4.78 is 11.1. The molecule has 1 amide bonds. The third-order valence-electron chi connectivity index (χ3n) is 3.09. The second kappa shape index (κ2) is 6.23. The van der Waals surface area contributed by atoms with Gasteiger partial charge in [0.05, 0.1) is 6.61 Å². The van der Waals surface area contributed by atoms with E-state index in [1.807, 2.05) is 13.8 Å². The van der Waals surface area contributed by atoms with Crippen LogP contribution >= 0.6 is 0 Å². The van der Waals surface area contributed by atoms with Crippen molar-refractivity contribution in [2.45, 2.75) is 66.3 Å². The first-order chi connectivity index (χ1) is 8.57. The summed E-state index contributed by atoms with van der Waals surface area (Å²) in [5.41, 5.74) is 0.270. The number of carbonyl (C=O) groups excluding carboxylic acids is 1. The summed E-state index contributed by atoms with van der Waals surface area (Å²) in [5.74, 6) is -0.0169. The van der Waals surface area contributed by atoms with Crippen LogP contribution in [0.1, 0.15) is 54.4 Å². The summed E-state index contributed by atoms with van der Waals surface area (Å²) in [6, 6.07) is 0. The lowest BCUT2D eigenvalue weighted by Gasteiger charge is -2.23. The summed E-state index contributed by atoms with van der Waals surface area (Å²) in [4.78, 5) is 11.8. The molecule has 112 valence electrons. The van der Waals surface area contributed by atoms with Crippen molar-refractivity contribution < 1.29 is 14.3 Å². The first kappa shape index (κ1) is 16.4. The summed E-state index contributed by atoms with van der Waals surface area (Å²) in [6.07, 6.45) is 1.60. The number of rotatable bonds is 5. The van der Waals surface area contributed by atoms with Gasteiger partial charge in [0.25, 0.3) is 0 Å². The zero-order valence-corrected chi connectivity index (χ0v) is 13.2. The van der Waals surface area contributed by atoms with Gasteiger partial charge in [-0.3, -0.25) is 4.79 Å². The lowest BCUT2D eigenvalue weighted by molar-refractivity contribution is -0.139. The van der Waals surface area contributed by atoms with Gasteiger partial charge < -0.3 is 14.8 Å². The maximum absolute atomic E-state index is 11.8. The average molecular weight is 271 g/mol. The second-order valence-electron chi connectivity index (χ2n) is 7.33. The fourth-order valence-electron chi connectivity index (χ4n) is 2.60. The molecule has 1 aliphatic heterocycles. The van der Waals surface area contributed by atoms with Gasteiger partial charge in [-0.25, -0.2) is 0 Å². The van der Waals surface area contributed by atoms with Gasteiger partial charge in [-0.05, 0) is 31.6 Å². The Bertz CT molecular complexity index is 307. The highest BCUT2D eigenvalue weighted by molar-refractivity contribution is 5.76. The van der Waals surface area contributed by atoms with Gasteiger partial charge in [0.2, 0.25) is 5.91 Å². The molecule has 19 heavy (non-hydrogen) atoms. The zero-order chi connectivity index (χ0) is 14.7. The van der Waals surface area contributed by atoms with Gasteiger partial charge in [0, 0.05) is 13.0 Å². The lowest BCUT2D eigenvalue weighted by atomic mass is 9.84. The molecule has 0 aromatic heterocycles. The maximum atomic E-state index is 11.8. The molecule has 1 saturated heterocycles. The number of ether oxygens (including phenoxy) is 2. The number of hydrogen-bond acceptors (Lipinski definition) is 3. The Morgan fingerprint density at radius 3 is 2.53 bits per heavy atom. The van der Waals surface area contributed by atoms with Crippen molar-refractivity contribution in [3.8, 4) is 0 Å². The van der Waals surface area contributed by atoms with Crippen molar-refractivity contribution in [1.82, 2.24) is 5.32 Å². The summed E-state index contributed by atoms with van der Waals surface area (Å²) in [5, 5.41) is 2.94. The standard InChI is InChI=1S/C15H29NO3/c1-11(8-14(2,3)4)7-13(17)16-9-12-10-18-15(5,6)19-12/h11-12H,7-10H2,1-6H3,(H,16,17). The third kappa shape index (κ3) is 6.92.